The maximum absolute atomic E-state index is 12.7. The van der Waals surface area contributed by atoms with Crippen LogP contribution in [0, 0.1) is 0 Å². The summed E-state index contributed by atoms with van der Waals surface area (Å²) in [6.45, 7) is 1.47. The molecule has 0 aliphatic carbocycles. The molecule has 1 aromatic carbocycles. The zero-order valence-corrected chi connectivity index (χ0v) is 16.3. The molecule has 9 nitrogen and oxygen atoms in total. The lowest BCUT2D eigenvalue weighted by Crippen LogP contribution is -2.54. The number of H-pyrrole nitrogens is 1. The second kappa shape index (κ2) is 6.91. The molecule has 0 saturated carbocycles. The van der Waals surface area contributed by atoms with Crippen LogP contribution >= 0.6 is 0 Å². The SMILES string of the molecule is O=c1[nH]c(-c2cc3cccn3cn2)nc2ccc(OC3CN(c4ccncn4)C3)cc12. The lowest BCUT2D eigenvalue weighted by Gasteiger charge is -2.39. The number of aromatic nitrogens is 6. The van der Waals surface area contributed by atoms with E-state index in [0.717, 1.165) is 24.4 Å². The Hall–Kier alpha value is -4.27. The van der Waals surface area contributed by atoms with Crippen molar-refractivity contribution >= 4 is 22.2 Å². The van der Waals surface area contributed by atoms with Crippen molar-refractivity contribution in [1.82, 2.24) is 29.3 Å². The minimum Gasteiger partial charge on any atom is -0.487 e. The van der Waals surface area contributed by atoms with Gasteiger partial charge in [-0.15, -0.1) is 0 Å². The van der Waals surface area contributed by atoms with E-state index in [1.165, 1.54) is 6.33 Å². The number of anilines is 1. The topological polar surface area (TPSA) is 101 Å². The fourth-order valence-electron chi connectivity index (χ4n) is 3.74. The predicted molar refractivity (Wildman–Crippen MR) is 115 cm³/mol. The minimum absolute atomic E-state index is 0.0386. The fraction of sp³-hybridized carbons (Fsp3) is 0.136. The maximum Gasteiger partial charge on any atom is 0.259 e. The lowest BCUT2D eigenvalue weighted by molar-refractivity contribution is 0.167. The number of aromatic amines is 1. The Labute approximate surface area is 176 Å². The first kappa shape index (κ1) is 17.6. The summed E-state index contributed by atoms with van der Waals surface area (Å²) in [5, 5.41) is 0.483. The van der Waals surface area contributed by atoms with Gasteiger partial charge < -0.3 is 19.0 Å². The van der Waals surface area contributed by atoms with Crippen molar-refractivity contribution in [3.8, 4) is 17.3 Å². The summed E-state index contributed by atoms with van der Waals surface area (Å²) in [6, 6.07) is 13.1. The second-order valence-electron chi connectivity index (χ2n) is 7.42. The maximum atomic E-state index is 12.7. The Morgan fingerprint density at radius 3 is 2.90 bits per heavy atom. The van der Waals surface area contributed by atoms with E-state index in [2.05, 4.69) is 29.8 Å². The Morgan fingerprint density at radius 2 is 2.03 bits per heavy atom. The molecular weight excluding hydrogens is 394 g/mol. The van der Waals surface area contributed by atoms with Crippen LogP contribution < -0.4 is 15.2 Å². The number of rotatable bonds is 4. The van der Waals surface area contributed by atoms with Gasteiger partial charge >= 0.3 is 0 Å². The van der Waals surface area contributed by atoms with E-state index in [4.69, 9.17) is 4.74 Å². The van der Waals surface area contributed by atoms with Crippen LogP contribution in [0.5, 0.6) is 5.75 Å². The molecule has 0 radical (unpaired) electrons. The summed E-state index contributed by atoms with van der Waals surface area (Å²) >= 11 is 0. The molecule has 0 bridgehead atoms. The molecule has 0 unspecified atom stereocenters. The first-order valence-electron chi connectivity index (χ1n) is 9.88. The fourth-order valence-corrected chi connectivity index (χ4v) is 3.74. The smallest absolute Gasteiger partial charge is 0.259 e. The highest BCUT2D eigenvalue weighted by molar-refractivity contribution is 5.81. The van der Waals surface area contributed by atoms with Crippen molar-refractivity contribution < 1.29 is 4.74 Å². The van der Waals surface area contributed by atoms with Gasteiger partial charge in [0.1, 0.15) is 29.7 Å². The summed E-state index contributed by atoms with van der Waals surface area (Å²) in [5.41, 5.74) is 1.97. The van der Waals surface area contributed by atoms with Crippen molar-refractivity contribution in [3.05, 3.63) is 77.9 Å². The molecule has 9 heteroatoms. The molecule has 5 aromatic rings. The molecule has 1 fully saturated rings. The van der Waals surface area contributed by atoms with Crippen LogP contribution in [0.3, 0.4) is 0 Å². The highest BCUT2D eigenvalue weighted by Crippen LogP contribution is 2.24. The van der Waals surface area contributed by atoms with E-state index in [1.54, 1.807) is 24.7 Å². The van der Waals surface area contributed by atoms with Crippen LogP contribution in [0.25, 0.3) is 27.9 Å². The van der Waals surface area contributed by atoms with Crippen LogP contribution in [0.1, 0.15) is 0 Å². The van der Waals surface area contributed by atoms with Crippen molar-refractivity contribution in [2.24, 2.45) is 0 Å². The summed E-state index contributed by atoms with van der Waals surface area (Å²) < 4.78 is 7.94. The van der Waals surface area contributed by atoms with Crippen LogP contribution in [-0.2, 0) is 0 Å². The van der Waals surface area contributed by atoms with Crippen LogP contribution in [0.15, 0.2) is 72.3 Å². The first-order valence-corrected chi connectivity index (χ1v) is 9.88. The molecule has 1 saturated heterocycles. The molecule has 1 aliphatic heterocycles. The number of nitrogens with zero attached hydrogens (tertiary/aromatic N) is 6. The van der Waals surface area contributed by atoms with E-state index >= 15 is 0 Å². The third kappa shape index (κ3) is 3.16. The van der Waals surface area contributed by atoms with Gasteiger partial charge in [0.05, 0.1) is 30.3 Å². The van der Waals surface area contributed by atoms with Crippen molar-refractivity contribution in [1.29, 1.82) is 0 Å². The molecule has 1 N–H and O–H groups in total. The number of hydrogen-bond acceptors (Lipinski definition) is 7. The van der Waals surface area contributed by atoms with E-state index in [9.17, 15) is 4.79 Å². The molecule has 0 atom stereocenters. The number of ether oxygens (including phenoxy) is 1. The lowest BCUT2D eigenvalue weighted by atomic mass is 10.1. The number of hydrogen-bond donors (Lipinski definition) is 1. The minimum atomic E-state index is -0.223. The molecule has 1 aliphatic rings. The molecule has 4 aromatic heterocycles. The number of benzene rings is 1. The average molecular weight is 411 g/mol. The Kier molecular flexibility index (Phi) is 3.92. The Morgan fingerprint density at radius 1 is 1.10 bits per heavy atom. The van der Waals surface area contributed by atoms with E-state index in [0.29, 0.717) is 28.2 Å². The molecule has 0 spiro atoms. The van der Waals surface area contributed by atoms with Gasteiger partial charge in [0, 0.05) is 17.9 Å². The summed E-state index contributed by atoms with van der Waals surface area (Å²) in [7, 11) is 0. The second-order valence-corrected chi connectivity index (χ2v) is 7.42. The van der Waals surface area contributed by atoms with Gasteiger partial charge in [-0.1, -0.05) is 0 Å². The van der Waals surface area contributed by atoms with Crippen molar-refractivity contribution in [3.63, 3.8) is 0 Å². The summed E-state index contributed by atoms with van der Waals surface area (Å²) in [4.78, 5) is 34.9. The Balaban J connectivity index is 1.24. The van der Waals surface area contributed by atoms with E-state index in [1.807, 2.05) is 40.9 Å². The van der Waals surface area contributed by atoms with Gasteiger partial charge in [-0.25, -0.2) is 19.9 Å². The standard InChI is InChI=1S/C22H17N7O2/c30-22-17-9-15(31-16-10-29(11-16)20-5-6-23-12-24-20)3-4-18(17)26-21(27-22)19-8-14-2-1-7-28(14)13-25-19/h1-9,12-13,16H,10-11H2,(H,26,27,30). The quantitative estimate of drug-likeness (QED) is 0.484. The van der Waals surface area contributed by atoms with Crippen LogP contribution in [0.4, 0.5) is 5.82 Å². The largest absolute Gasteiger partial charge is 0.487 e. The zero-order valence-electron chi connectivity index (χ0n) is 16.3. The average Bonchev–Trinajstić information content (AvgIpc) is 3.24. The first-order chi connectivity index (χ1) is 15.2. The van der Waals surface area contributed by atoms with Gasteiger partial charge in [0.15, 0.2) is 5.82 Å². The molecule has 0 amide bonds. The monoisotopic (exact) mass is 411 g/mol. The normalized spacial score (nSPS) is 14.1. The molecule has 5 heterocycles. The van der Waals surface area contributed by atoms with Crippen molar-refractivity contribution in [2.75, 3.05) is 18.0 Å². The highest BCUT2D eigenvalue weighted by Gasteiger charge is 2.29. The molecule has 31 heavy (non-hydrogen) atoms. The summed E-state index contributed by atoms with van der Waals surface area (Å²) in [5.74, 6) is 1.97. The van der Waals surface area contributed by atoms with Gasteiger partial charge in [0.2, 0.25) is 0 Å². The number of fused-ring (bicyclic) bond motifs is 2. The zero-order chi connectivity index (χ0) is 20.8. The Bertz CT molecular complexity index is 1460. The third-order valence-corrected chi connectivity index (χ3v) is 5.38. The van der Waals surface area contributed by atoms with Crippen LogP contribution in [-0.4, -0.2) is 48.5 Å². The van der Waals surface area contributed by atoms with Gasteiger partial charge in [-0.3, -0.25) is 4.79 Å². The third-order valence-electron chi connectivity index (χ3n) is 5.38. The van der Waals surface area contributed by atoms with Gasteiger partial charge in [-0.05, 0) is 42.5 Å². The summed E-state index contributed by atoms with van der Waals surface area (Å²) in [6.07, 6.45) is 6.91. The predicted octanol–water partition coefficient (Wildman–Crippen LogP) is 2.30. The highest BCUT2D eigenvalue weighted by atomic mass is 16.5. The van der Waals surface area contributed by atoms with Crippen molar-refractivity contribution in [2.45, 2.75) is 6.10 Å². The van der Waals surface area contributed by atoms with Crippen LogP contribution in [0.2, 0.25) is 0 Å². The van der Waals surface area contributed by atoms with E-state index in [-0.39, 0.29) is 11.7 Å². The molecule has 152 valence electrons. The van der Waals surface area contributed by atoms with E-state index < -0.39 is 0 Å². The van der Waals surface area contributed by atoms with Gasteiger partial charge in [-0.2, -0.15) is 0 Å². The number of nitrogens with one attached hydrogen (secondary N) is 1. The molecular formula is C22H17N7O2. The molecule has 6 rings (SSSR count). The van der Waals surface area contributed by atoms with Gasteiger partial charge in [0.25, 0.3) is 5.56 Å².